The predicted molar refractivity (Wildman–Crippen MR) is 80.4 cm³/mol. The third kappa shape index (κ3) is 4.94. The Kier molecular flexibility index (Phi) is 7.21. The van der Waals surface area contributed by atoms with Gasteiger partial charge < -0.3 is 15.7 Å². The number of nitrogens with zero attached hydrogens (tertiary/aromatic N) is 2. The van der Waals surface area contributed by atoms with E-state index in [9.17, 15) is 14.4 Å². The first-order valence-electron chi connectivity index (χ1n) is 6.97. The van der Waals surface area contributed by atoms with Crippen LogP contribution in [-0.4, -0.2) is 58.9 Å². The van der Waals surface area contributed by atoms with Crippen LogP contribution in [0.3, 0.4) is 0 Å². The summed E-state index contributed by atoms with van der Waals surface area (Å²) in [5, 5.41) is 9.09. The molecule has 0 saturated carbocycles. The van der Waals surface area contributed by atoms with Crippen molar-refractivity contribution in [2.75, 3.05) is 26.2 Å². The van der Waals surface area contributed by atoms with Gasteiger partial charge in [-0.1, -0.05) is 30.3 Å². The van der Waals surface area contributed by atoms with Crippen molar-refractivity contribution in [3.05, 3.63) is 35.9 Å². The molecule has 0 unspecified atom stereocenters. The van der Waals surface area contributed by atoms with E-state index in [0.29, 0.717) is 0 Å². The van der Waals surface area contributed by atoms with Crippen molar-refractivity contribution < 1.29 is 19.5 Å². The molecule has 1 aromatic rings. The third-order valence-corrected chi connectivity index (χ3v) is 3.03. The van der Waals surface area contributed by atoms with Crippen molar-refractivity contribution in [3.8, 4) is 0 Å². The molecule has 0 aliphatic carbocycles. The molecule has 0 aliphatic heterocycles. The fraction of sp³-hybridized carbons (Fsp3) is 0.400. The largest absolute Gasteiger partial charge is 0.395 e. The van der Waals surface area contributed by atoms with Gasteiger partial charge in [0.1, 0.15) is 0 Å². The molecule has 0 heterocycles. The summed E-state index contributed by atoms with van der Waals surface area (Å²) in [6.45, 7) is 1.18. The number of aliphatic hydroxyl groups excluding tert-OH is 1. The molecule has 7 heteroatoms. The number of amides is 3. The second-order valence-electron chi connectivity index (χ2n) is 4.70. The Morgan fingerprint density at radius 3 is 2.23 bits per heavy atom. The van der Waals surface area contributed by atoms with Crippen molar-refractivity contribution in [1.29, 1.82) is 0 Å². The first-order valence-corrected chi connectivity index (χ1v) is 6.97. The van der Waals surface area contributed by atoms with Gasteiger partial charge in [-0.25, -0.2) is 0 Å². The molecule has 3 N–H and O–H groups in total. The van der Waals surface area contributed by atoms with Crippen LogP contribution in [0.1, 0.15) is 12.5 Å². The van der Waals surface area contributed by atoms with E-state index in [4.69, 9.17) is 10.8 Å². The lowest BCUT2D eigenvalue weighted by Crippen LogP contribution is -2.49. The van der Waals surface area contributed by atoms with E-state index in [1.807, 2.05) is 30.3 Å². The number of hydrogen-bond acceptors (Lipinski definition) is 5. The first-order chi connectivity index (χ1) is 10.5. The number of nitrogens with two attached hydrogens (primary N) is 1. The molecule has 22 heavy (non-hydrogen) atoms. The Hall–Kier alpha value is -2.25. The van der Waals surface area contributed by atoms with Crippen LogP contribution in [0.25, 0.3) is 0 Å². The summed E-state index contributed by atoms with van der Waals surface area (Å²) >= 11 is 0. The van der Waals surface area contributed by atoms with Gasteiger partial charge in [-0.15, -0.1) is 0 Å². The minimum Gasteiger partial charge on any atom is -0.395 e. The highest BCUT2D eigenvalue weighted by Crippen LogP contribution is 2.06. The maximum atomic E-state index is 12.3. The monoisotopic (exact) mass is 307 g/mol. The smallest absolute Gasteiger partial charge is 0.318 e. The number of carbonyl (C=O) groups is 3. The summed E-state index contributed by atoms with van der Waals surface area (Å²) in [5.41, 5.74) is 6.18. The number of aliphatic hydroxyl groups is 1. The number of imide groups is 1. The van der Waals surface area contributed by atoms with Crippen LogP contribution >= 0.6 is 0 Å². The lowest BCUT2D eigenvalue weighted by Gasteiger charge is -2.24. The van der Waals surface area contributed by atoms with E-state index in [1.54, 1.807) is 0 Å². The Labute approximate surface area is 129 Å². The molecule has 0 saturated heterocycles. The van der Waals surface area contributed by atoms with Gasteiger partial charge in [0, 0.05) is 33.1 Å². The molecule has 120 valence electrons. The SMILES string of the molecule is CC(=O)N(CCN)C(=O)C(=O)N(CCO)Cc1ccccc1. The van der Waals surface area contributed by atoms with Gasteiger partial charge in [-0.3, -0.25) is 19.3 Å². The summed E-state index contributed by atoms with van der Waals surface area (Å²) in [5.74, 6) is -2.30. The molecule has 0 radical (unpaired) electrons. The fourth-order valence-electron chi connectivity index (χ4n) is 1.96. The Balaban J connectivity index is 2.87. The molecule has 7 nitrogen and oxygen atoms in total. The summed E-state index contributed by atoms with van der Waals surface area (Å²) in [6.07, 6.45) is 0. The standard InChI is InChI=1S/C15H21N3O4/c1-12(20)18(8-7-16)15(22)14(21)17(9-10-19)11-13-5-3-2-4-6-13/h2-6,19H,7-11,16H2,1H3. The highest BCUT2D eigenvalue weighted by Gasteiger charge is 2.28. The second-order valence-corrected chi connectivity index (χ2v) is 4.70. The zero-order chi connectivity index (χ0) is 16.5. The minimum absolute atomic E-state index is 0.00778. The number of carbonyl (C=O) groups excluding carboxylic acids is 3. The van der Waals surface area contributed by atoms with Crippen LogP contribution in [0.5, 0.6) is 0 Å². The van der Waals surface area contributed by atoms with Gasteiger partial charge in [0.15, 0.2) is 0 Å². The van der Waals surface area contributed by atoms with Crippen LogP contribution in [0, 0.1) is 0 Å². The average molecular weight is 307 g/mol. The van der Waals surface area contributed by atoms with Gasteiger partial charge in [0.25, 0.3) is 0 Å². The van der Waals surface area contributed by atoms with Gasteiger partial charge >= 0.3 is 11.8 Å². The molecule has 1 aromatic carbocycles. The molecule has 0 aromatic heterocycles. The van der Waals surface area contributed by atoms with E-state index in [2.05, 4.69) is 0 Å². The van der Waals surface area contributed by atoms with Crippen molar-refractivity contribution in [2.45, 2.75) is 13.5 Å². The van der Waals surface area contributed by atoms with Crippen molar-refractivity contribution in [1.82, 2.24) is 9.80 Å². The molecule has 0 bridgehead atoms. The van der Waals surface area contributed by atoms with E-state index in [-0.39, 0.29) is 32.8 Å². The van der Waals surface area contributed by atoms with Crippen LogP contribution in [0.15, 0.2) is 30.3 Å². The summed E-state index contributed by atoms with van der Waals surface area (Å²) in [4.78, 5) is 37.9. The van der Waals surface area contributed by atoms with Crippen LogP contribution in [0.4, 0.5) is 0 Å². The van der Waals surface area contributed by atoms with Crippen molar-refractivity contribution in [2.24, 2.45) is 5.73 Å². The topological polar surface area (TPSA) is 104 Å². The summed E-state index contributed by atoms with van der Waals surface area (Å²) in [7, 11) is 0. The second kappa shape index (κ2) is 8.91. The minimum atomic E-state index is -0.928. The van der Waals surface area contributed by atoms with Gasteiger partial charge in [-0.2, -0.15) is 0 Å². The molecule has 0 spiro atoms. The predicted octanol–water partition coefficient (Wildman–Crippen LogP) is -0.659. The number of rotatable bonds is 6. The normalized spacial score (nSPS) is 10.1. The quantitative estimate of drug-likeness (QED) is 0.679. The lowest BCUT2D eigenvalue weighted by molar-refractivity contribution is -0.156. The molecule has 0 atom stereocenters. The number of benzene rings is 1. The highest BCUT2D eigenvalue weighted by molar-refractivity contribution is 6.37. The molecular weight excluding hydrogens is 286 g/mol. The average Bonchev–Trinajstić information content (AvgIpc) is 2.51. The zero-order valence-corrected chi connectivity index (χ0v) is 12.6. The molecule has 0 aliphatic rings. The molecule has 0 fully saturated rings. The first kappa shape index (κ1) is 17.8. The molecule has 3 amide bonds. The van der Waals surface area contributed by atoms with Crippen LogP contribution in [-0.2, 0) is 20.9 Å². The molecular formula is C15H21N3O4. The summed E-state index contributed by atoms with van der Waals surface area (Å²) in [6, 6.07) is 9.09. The van der Waals surface area contributed by atoms with E-state index in [0.717, 1.165) is 10.5 Å². The highest BCUT2D eigenvalue weighted by atomic mass is 16.3. The zero-order valence-electron chi connectivity index (χ0n) is 12.6. The summed E-state index contributed by atoms with van der Waals surface area (Å²) < 4.78 is 0. The maximum absolute atomic E-state index is 12.3. The Bertz CT molecular complexity index is 519. The van der Waals surface area contributed by atoms with E-state index < -0.39 is 17.7 Å². The van der Waals surface area contributed by atoms with Gasteiger partial charge in [0.2, 0.25) is 5.91 Å². The van der Waals surface area contributed by atoms with E-state index in [1.165, 1.54) is 11.8 Å². The maximum Gasteiger partial charge on any atom is 0.318 e. The van der Waals surface area contributed by atoms with Gasteiger partial charge in [-0.05, 0) is 5.56 Å². The van der Waals surface area contributed by atoms with E-state index >= 15 is 0 Å². The lowest BCUT2D eigenvalue weighted by atomic mass is 10.2. The number of hydrogen-bond donors (Lipinski definition) is 2. The Morgan fingerprint density at radius 1 is 1.09 bits per heavy atom. The van der Waals surface area contributed by atoms with Crippen LogP contribution in [0.2, 0.25) is 0 Å². The van der Waals surface area contributed by atoms with Crippen molar-refractivity contribution >= 4 is 17.7 Å². The third-order valence-electron chi connectivity index (χ3n) is 3.03. The van der Waals surface area contributed by atoms with Gasteiger partial charge in [0.05, 0.1) is 6.61 Å². The fourth-order valence-corrected chi connectivity index (χ4v) is 1.96. The molecule has 1 rings (SSSR count). The Morgan fingerprint density at radius 2 is 1.73 bits per heavy atom. The van der Waals surface area contributed by atoms with Crippen LogP contribution < -0.4 is 5.73 Å². The van der Waals surface area contributed by atoms with Crippen molar-refractivity contribution in [3.63, 3.8) is 0 Å².